The predicted octanol–water partition coefficient (Wildman–Crippen LogP) is 4.39. The molecular formula is C28H26N6O3. The van der Waals surface area contributed by atoms with Gasteiger partial charge in [0, 0.05) is 41.7 Å². The van der Waals surface area contributed by atoms with Crippen molar-refractivity contribution in [1.29, 1.82) is 0 Å². The first-order valence-corrected chi connectivity index (χ1v) is 11.8. The third kappa shape index (κ3) is 5.11. The number of H-pyrrole nitrogens is 1. The Balaban J connectivity index is 1.36. The number of fused-ring (bicyclic) bond motifs is 1. The van der Waals surface area contributed by atoms with E-state index in [1.54, 1.807) is 43.6 Å². The number of nitrogens with zero attached hydrogens (tertiary/aromatic N) is 4. The van der Waals surface area contributed by atoms with Gasteiger partial charge in [0.15, 0.2) is 0 Å². The molecule has 0 saturated heterocycles. The average molecular weight is 495 g/mol. The number of pyridine rings is 1. The van der Waals surface area contributed by atoms with Crippen LogP contribution in [0.2, 0.25) is 0 Å². The number of amides is 1. The number of aryl methyl sites for hydroxylation is 2. The first-order chi connectivity index (χ1) is 17.9. The van der Waals surface area contributed by atoms with Crippen LogP contribution < -0.4 is 10.1 Å². The topological polar surface area (TPSA) is 126 Å². The van der Waals surface area contributed by atoms with Gasteiger partial charge in [0.05, 0.1) is 23.7 Å². The van der Waals surface area contributed by atoms with Crippen LogP contribution in [0.5, 0.6) is 11.6 Å². The Kier molecular flexibility index (Phi) is 6.51. The molecule has 2 aromatic carbocycles. The Morgan fingerprint density at radius 2 is 1.81 bits per heavy atom. The minimum Gasteiger partial charge on any atom is -0.507 e. The Bertz CT molecular complexity index is 1590. The van der Waals surface area contributed by atoms with E-state index in [1.165, 1.54) is 0 Å². The number of rotatable bonds is 7. The largest absolute Gasteiger partial charge is 0.507 e. The third-order valence-electron chi connectivity index (χ3n) is 5.93. The number of imidazole rings is 1. The van der Waals surface area contributed by atoms with Gasteiger partial charge in [-0.3, -0.25) is 4.79 Å². The predicted molar refractivity (Wildman–Crippen MR) is 141 cm³/mol. The van der Waals surface area contributed by atoms with E-state index in [9.17, 15) is 9.90 Å². The summed E-state index contributed by atoms with van der Waals surface area (Å²) in [4.78, 5) is 33.7. The molecule has 0 radical (unpaired) electrons. The highest BCUT2D eigenvalue weighted by Gasteiger charge is 2.15. The van der Waals surface area contributed by atoms with Crippen molar-refractivity contribution in [2.24, 2.45) is 0 Å². The highest BCUT2D eigenvalue weighted by molar-refractivity contribution is 5.97. The monoisotopic (exact) mass is 494 g/mol. The maximum Gasteiger partial charge on any atom is 0.251 e. The van der Waals surface area contributed by atoms with Crippen molar-refractivity contribution in [1.82, 2.24) is 30.2 Å². The molecule has 0 aliphatic carbocycles. The van der Waals surface area contributed by atoms with E-state index in [0.29, 0.717) is 52.7 Å². The second-order valence-corrected chi connectivity index (χ2v) is 8.68. The standard InChI is InChI=1S/C28H26N6O3/c1-16-13-17(2)32-25(31-16)10-12-29-27(36)19-6-8-22-23(15-19)34-26(33-22)21-14-18(7-9-24(21)35)20-5-4-11-30-28(20)37-3/h4-9,11,13-15,35H,10,12H2,1-3H3,(H,29,36)(H,33,34). The maximum atomic E-state index is 12.8. The highest BCUT2D eigenvalue weighted by Crippen LogP contribution is 2.35. The first-order valence-electron chi connectivity index (χ1n) is 11.8. The molecule has 37 heavy (non-hydrogen) atoms. The summed E-state index contributed by atoms with van der Waals surface area (Å²) in [6, 6.07) is 16.1. The quantitative estimate of drug-likeness (QED) is 0.306. The van der Waals surface area contributed by atoms with E-state index in [0.717, 1.165) is 22.5 Å². The minimum atomic E-state index is -0.198. The fraction of sp³-hybridized carbons (Fsp3) is 0.179. The van der Waals surface area contributed by atoms with Crippen LogP contribution in [-0.4, -0.2) is 49.6 Å². The molecule has 3 N–H and O–H groups in total. The van der Waals surface area contributed by atoms with Gasteiger partial charge in [0.1, 0.15) is 17.4 Å². The Morgan fingerprint density at radius 1 is 1.00 bits per heavy atom. The van der Waals surface area contributed by atoms with E-state index in [4.69, 9.17) is 4.74 Å². The van der Waals surface area contributed by atoms with Gasteiger partial charge in [-0.1, -0.05) is 6.07 Å². The van der Waals surface area contributed by atoms with Crippen LogP contribution in [0.15, 0.2) is 60.8 Å². The lowest BCUT2D eigenvalue weighted by atomic mass is 10.0. The summed E-state index contributed by atoms with van der Waals surface area (Å²) in [5.41, 5.74) is 5.83. The van der Waals surface area contributed by atoms with Crippen LogP contribution >= 0.6 is 0 Å². The Morgan fingerprint density at radius 3 is 2.59 bits per heavy atom. The van der Waals surface area contributed by atoms with E-state index in [-0.39, 0.29) is 11.7 Å². The van der Waals surface area contributed by atoms with Crippen molar-refractivity contribution < 1.29 is 14.6 Å². The molecule has 0 fully saturated rings. The van der Waals surface area contributed by atoms with Crippen LogP contribution in [0.25, 0.3) is 33.5 Å². The van der Waals surface area contributed by atoms with Gasteiger partial charge in [-0.15, -0.1) is 0 Å². The molecule has 0 unspecified atom stereocenters. The molecule has 9 heteroatoms. The van der Waals surface area contributed by atoms with E-state index in [2.05, 4.69) is 30.2 Å². The molecule has 9 nitrogen and oxygen atoms in total. The van der Waals surface area contributed by atoms with Crippen molar-refractivity contribution in [2.75, 3.05) is 13.7 Å². The van der Waals surface area contributed by atoms with E-state index in [1.807, 2.05) is 38.1 Å². The minimum absolute atomic E-state index is 0.0808. The SMILES string of the molecule is COc1ncccc1-c1ccc(O)c(-c2nc3ccc(C(=O)NCCc4nc(C)cc(C)n4)cc3[nH]2)c1. The summed E-state index contributed by atoms with van der Waals surface area (Å²) in [5.74, 6) is 1.57. The van der Waals surface area contributed by atoms with Gasteiger partial charge in [-0.2, -0.15) is 0 Å². The maximum absolute atomic E-state index is 12.8. The molecule has 1 amide bonds. The number of aromatic nitrogens is 5. The number of carbonyl (C=O) groups excluding carboxylic acids is 1. The number of nitrogens with one attached hydrogen (secondary N) is 2. The van der Waals surface area contributed by atoms with Gasteiger partial charge >= 0.3 is 0 Å². The number of ether oxygens (including phenoxy) is 1. The van der Waals surface area contributed by atoms with Crippen LogP contribution in [0, 0.1) is 13.8 Å². The van der Waals surface area contributed by atoms with Crippen LogP contribution in [0.4, 0.5) is 0 Å². The average Bonchev–Trinajstić information content (AvgIpc) is 3.31. The van der Waals surface area contributed by atoms with Gasteiger partial charge in [-0.05, 0) is 67.9 Å². The lowest BCUT2D eigenvalue weighted by Gasteiger charge is -2.09. The molecule has 3 heterocycles. The molecule has 3 aromatic heterocycles. The summed E-state index contributed by atoms with van der Waals surface area (Å²) in [5, 5.41) is 13.5. The number of phenolic OH excluding ortho intramolecular Hbond substituents is 1. The van der Waals surface area contributed by atoms with Crippen molar-refractivity contribution >= 4 is 16.9 Å². The molecule has 0 aliphatic heterocycles. The molecular weight excluding hydrogens is 468 g/mol. The number of hydrogen-bond donors (Lipinski definition) is 3. The number of carbonyl (C=O) groups is 1. The van der Waals surface area contributed by atoms with E-state index < -0.39 is 0 Å². The number of aromatic hydroxyl groups is 1. The number of hydrogen-bond acceptors (Lipinski definition) is 7. The van der Waals surface area contributed by atoms with Crippen LogP contribution in [-0.2, 0) is 6.42 Å². The van der Waals surface area contributed by atoms with Crippen LogP contribution in [0.3, 0.4) is 0 Å². The molecule has 0 atom stereocenters. The second-order valence-electron chi connectivity index (χ2n) is 8.68. The van der Waals surface area contributed by atoms with Gasteiger partial charge < -0.3 is 20.1 Å². The lowest BCUT2D eigenvalue weighted by Crippen LogP contribution is -2.26. The van der Waals surface area contributed by atoms with Crippen LogP contribution in [0.1, 0.15) is 27.6 Å². The third-order valence-corrected chi connectivity index (χ3v) is 5.93. The lowest BCUT2D eigenvalue weighted by molar-refractivity contribution is 0.0954. The smallest absolute Gasteiger partial charge is 0.251 e. The van der Waals surface area contributed by atoms with Gasteiger partial charge in [0.2, 0.25) is 5.88 Å². The molecule has 0 spiro atoms. The normalized spacial score (nSPS) is 11.0. The molecule has 0 aliphatic rings. The fourth-order valence-corrected chi connectivity index (χ4v) is 4.25. The number of methoxy groups -OCH3 is 1. The number of aromatic amines is 1. The molecule has 5 aromatic rings. The molecule has 0 bridgehead atoms. The summed E-state index contributed by atoms with van der Waals surface area (Å²) >= 11 is 0. The first kappa shape index (κ1) is 23.9. The van der Waals surface area contributed by atoms with Crippen molar-refractivity contribution in [3.05, 3.63) is 83.6 Å². The second kappa shape index (κ2) is 10.1. The summed E-state index contributed by atoms with van der Waals surface area (Å²) < 4.78 is 5.38. The zero-order valence-electron chi connectivity index (χ0n) is 20.7. The van der Waals surface area contributed by atoms with Gasteiger partial charge in [0.25, 0.3) is 5.91 Å². The fourth-order valence-electron chi connectivity index (χ4n) is 4.25. The molecule has 5 rings (SSSR count). The summed E-state index contributed by atoms with van der Waals surface area (Å²) in [6.45, 7) is 4.28. The Labute approximate surface area is 213 Å². The van der Waals surface area contributed by atoms with Crippen molar-refractivity contribution in [3.8, 4) is 34.1 Å². The zero-order valence-corrected chi connectivity index (χ0v) is 20.7. The van der Waals surface area contributed by atoms with Gasteiger partial charge in [-0.25, -0.2) is 19.9 Å². The van der Waals surface area contributed by atoms with Crippen molar-refractivity contribution in [2.45, 2.75) is 20.3 Å². The Hall–Kier alpha value is -4.79. The number of phenols is 1. The van der Waals surface area contributed by atoms with Crippen molar-refractivity contribution in [3.63, 3.8) is 0 Å². The van der Waals surface area contributed by atoms with E-state index >= 15 is 0 Å². The number of benzene rings is 2. The highest BCUT2D eigenvalue weighted by atomic mass is 16.5. The summed E-state index contributed by atoms with van der Waals surface area (Å²) in [7, 11) is 1.57. The summed E-state index contributed by atoms with van der Waals surface area (Å²) in [6.07, 6.45) is 2.20. The molecule has 0 saturated carbocycles. The zero-order chi connectivity index (χ0) is 25.9. The molecule has 186 valence electrons.